The first-order valence-electron chi connectivity index (χ1n) is 9.08. The van der Waals surface area contributed by atoms with E-state index in [1.807, 2.05) is 0 Å². The molecule has 146 valence electrons. The Morgan fingerprint density at radius 3 is 3.11 bits per heavy atom. The molecule has 0 fully saturated rings. The van der Waals surface area contributed by atoms with E-state index < -0.39 is 0 Å². The lowest BCUT2D eigenvalue weighted by molar-refractivity contribution is -0.119. The van der Waals surface area contributed by atoms with Gasteiger partial charge in [0, 0.05) is 15.8 Å². The Kier molecular flexibility index (Phi) is 5.50. The van der Waals surface area contributed by atoms with Crippen molar-refractivity contribution >= 4 is 39.2 Å². The number of nitrogens with zero attached hydrogens (tertiary/aromatic N) is 2. The molecular formula is C20H20FN3O2S2. The molecule has 1 aliphatic rings. The van der Waals surface area contributed by atoms with Crippen molar-refractivity contribution in [1.82, 2.24) is 15.3 Å². The molecule has 0 unspecified atom stereocenters. The Balaban J connectivity index is 1.48. The predicted octanol–water partition coefficient (Wildman–Crippen LogP) is 4.57. The molecule has 4 rings (SSSR count). The lowest BCUT2D eigenvalue weighted by Gasteiger charge is -2.18. The summed E-state index contributed by atoms with van der Waals surface area (Å²) in [7, 11) is 0. The number of benzene rings is 1. The summed E-state index contributed by atoms with van der Waals surface area (Å²) in [5, 5.41) is 4.88. The van der Waals surface area contributed by atoms with Gasteiger partial charge in [0.05, 0.1) is 18.4 Å². The number of thiophene rings is 1. The number of halogens is 1. The summed E-state index contributed by atoms with van der Waals surface area (Å²) in [5.74, 6) is 0.439. The molecule has 1 atom stereocenters. The van der Waals surface area contributed by atoms with Gasteiger partial charge in [0.1, 0.15) is 27.8 Å². The summed E-state index contributed by atoms with van der Waals surface area (Å²) in [6, 6.07) is 4.20. The number of nitrogens with one attached hydrogen (secondary N) is 1. The van der Waals surface area contributed by atoms with Gasteiger partial charge in [0.15, 0.2) is 0 Å². The minimum atomic E-state index is -0.329. The highest BCUT2D eigenvalue weighted by molar-refractivity contribution is 8.00. The Hall–Kier alpha value is -2.19. The van der Waals surface area contributed by atoms with Crippen molar-refractivity contribution in [2.75, 3.05) is 12.4 Å². The van der Waals surface area contributed by atoms with Gasteiger partial charge < -0.3 is 10.1 Å². The summed E-state index contributed by atoms with van der Waals surface area (Å²) in [5.41, 5.74) is 1.86. The van der Waals surface area contributed by atoms with Crippen molar-refractivity contribution in [3.05, 3.63) is 46.3 Å². The van der Waals surface area contributed by atoms with Gasteiger partial charge in [-0.25, -0.2) is 14.4 Å². The molecule has 0 bridgehead atoms. The van der Waals surface area contributed by atoms with E-state index in [0.717, 1.165) is 27.2 Å². The molecule has 28 heavy (non-hydrogen) atoms. The van der Waals surface area contributed by atoms with Gasteiger partial charge >= 0.3 is 0 Å². The SMILES string of the molecule is Cc1sc2ncnc(SCC(=O)N[C@H]3CCCOc4ccc(F)cc43)c2c1C. The van der Waals surface area contributed by atoms with Crippen LogP contribution in [0.4, 0.5) is 4.39 Å². The van der Waals surface area contributed by atoms with E-state index >= 15 is 0 Å². The van der Waals surface area contributed by atoms with Crippen LogP contribution in [0, 0.1) is 19.7 Å². The van der Waals surface area contributed by atoms with E-state index in [4.69, 9.17) is 4.74 Å². The van der Waals surface area contributed by atoms with Crippen LogP contribution in [0.1, 0.15) is 34.9 Å². The summed E-state index contributed by atoms with van der Waals surface area (Å²) in [6.45, 7) is 4.68. The molecule has 1 aromatic carbocycles. The molecule has 5 nitrogen and oxygen atoms in total. The maximum atomic E-state index is 13.7. The summed E-state index contributed by atoms with van der Waals surface area (Å²) < 4.78 is 19.4. The van der Waals surface area contributed by atoms with E-state index in [1.165, 1.54) is 28.8 Å². The van der Waals surface area contributed by atoms with Crippen molar-refractivity contribution in [2.45, 2.75) is 37.8 Å². The molecule has 2 aromatic heterocycles. The smallest absolute Gasteiger partial charge is 0.230 e. The average molecular weight is 418 g/mol. The summed E-state index contributed by atoms with van der Waals surface area (Å²) >= 11 is 3.04. The summed E-state index contributed by atoms with van der Waals surface area (Å²) in [6.07, 6.45) is 3.06. The number of fused-ring (bicyclic) bond motifs is 2. The first-order valence-corrected chi connectivity index (χ1v) is 10.9. The van der Waals surface area contributed by atoms with Crippen LogP contribution in [0.5, 0.6) is 5.75 Å². The van der Waals surface area contributed by atoms with Crippen molar-refractivity contribution < 1.29 is 13.9 Å². The lowest BCUT2D eigenvalue weighted by Crippen LogP contribution is -2.29. The molecule has 0 radical (unpaired) electrons. The monoisotopic (exact) mass is 417 g/mol. The van der Waals surface area contributed by atoms with E-state index in [1.54, 1.807) is 23.7 Å². The fraction of sp³-hybridized carbons (Fsp3) is 0.350. The quantitative estimate of drug-likeness (QED) is 0.498. The number of carbonyl (C=O) groups excluding carboxylic acids is 1. The minimum absolute atomic E-state index is 0.108. The number of hydrogen-bond acceptors (Lipinski definition) is 6. The number of hydrogen-bond donors (Lipinski definition) is 1. The molecule has 3 aromatic rings. The Morgan fingerprint density at radius 2 is 2.25 bits per heavy atom. The van der Waals surface area contributed by atoms with Crippen LogP contribution in [0.15, 0.2) is 29.6 Å². The topological polar surface area (TPSA) is 64.1 Å². The van der Waals surface area contributed by atoms with Gasteiger partial charge in [0.25, 0.3) is 0 Å². The Morgan fingerprint density at radius 1 is 1.39 bits per heavy atom. The standard InChI is InChI=1S/C20H20FN3O2S2/c1-11-12(2)28-20-18(11)19(22-10-23-20)27-9-17(25)24-15-4-3-7-26-16-6-5-13(21)8-14(15)16/h5-6,8,10,15H,3-4,7,9H2,1-2H3,(H,24,25)/t15-/m0/s1. The highest BCUT2D eigenvalue weighted by atomic mass is 32.2. The average Bonchev–Trinajstić information content (AvgIpc) is 2.85. The molecule has 1 aliphatic heterocycles. The zero-order chi connectivity index (χ0) is 19.7. The van der Waals surface area contributed by atoms with Gasteiger partial charge in [-0.05, 0) is 50.5 Å². The highest BCUT2D eigenvalue weighted by Gasteiger charge is 2.22. The molecule has 1 amide bonds. The fourth-order valence-corrected chi connectivity index (χ4v) is 5.26. The molecule has 1 N–H and O–H groups in total. The van der Waals surface area contributed by atoms with E-state index in [0.29, 0.717) is 24.3 Å². The first kappa shape index (κ1) is 19.1. The molecule has 3 heterocycles. The zero-order valence-corrected chi connectivity index (χ0v) is 17.3. The number of aryl methyl sites for hydroxylation is 2. The van der Waals surface area contributed by atoms with Crippen LogP contribution in [0.2, 0.25) is 0 Å². The number of carbonyl (C=O) groups is 1. The largest absolute Gasteiger partial charge is 0.493 e. The Labute approximate surface area is 170 Å². The van der Waals surface area contributed by atoms with Crippen molar-refractivity contribution in [3.8, 4) is 5.75 Å². The third-order valence-electron chi connectivity index (χ3n) is 4.85. The first-order chi connectivity index (χ1) is 13.5. The molecular weight excluding hydrogens is 397 g/mol. The molecule has 0 spiro atoms. The van der Waals surface area contributed by atoms with Crippen LogP contribution in [-0.2, 0) is 4.79 Å². The second-order valence-electron chi connectivity index (χ2n) is 6.72. The van der Waals surface area contributed by atoms with Crippen LogP contribution in [0.25, 0.3) is 10.2 Å². The van der Waals surface area contributed by atoms with Crippen molar-refractivity contribution in [3.63, 3.8) is 0 Å². The molecule has 0 saturated carbocycles. The van der Waals surface area contributed by atoms with Crippen LogP contribution < -0.4 is 10.1 Å². The molecule has 0 aliphatic carbocycles. The maximum Gasteiger partial charge on any atom is 0.230 e. The molecule has 0 saturated heterocycles. The van der Waals surface area contributed by atoms with Gasteiger partial charge in [-0.15, -0.1) is 11.3 Å². The third kappa shape index (κ3) is 3.84. The number of amides is 1. The van der Waals surface area contributed by atoms with Crippen molar-refractivity contribution in [1.29, 1.82) is 0 Å². The Bertz CT molecular complexity index is 1040. The van der Waals surface area contributed by atoms with Gasteiger partial charge in [-0.1, -0.05) is 11.8 Å². The summed E-state index contributed by atoms with van der Waals surface area (Å²) in [4.78, 5) is 23.5. The highest BCUT2D eigenvalue weighted by Crippen LogP contribution is 2.35. The van der Waals surface area contributed by atoms with Gasteiger partial charge in [-0.2, -0.15) is 0 Å². The minimum Gasteiger partial charge on any atom is -0.493 e. The second kappa shape index (κ2) is 8.05. The predicted molar refractivity (Wildman–Crippen MR) is 110 cm³/mol. The van der Waals surface area contributed by atoms with Crippen LogP contribution >= 0.6 is 23.1 Å². The van der Waals surface area contributed by atoms with Gasteiger partial charge in [-0.3, -0.25) is 4.79 Å². The molecule has 8 heteroatoms. The lowest BCUT2D eigenvalue weighted by atomic mass is 10.0. The maximum absolute atomic E-state index is 13.7. The number of ether oxygens (including phenoxy) is 1. The van der Waals surface area contributed by atoms with Gasteiger partial charge in [0.2, 0.25) is 5.91 Å². The third-order valence-corrected chi connectivity index (χ3v) is 6.95. The number of rotatable bonds is 4. The fourth-order valence-electron chi connectivity index (χ4n) is 3.33. The van der Waals surface area contributed by atoms with Crippen LogP contribution in [0.3, 0.4) is 0 Å². The number of aromatic nitrogens is 2. The van der Waals surface area contributed by atoms with E-state index in [2.05, 4.69) is 29.1 Å². The zero-order valence-electron chi connectivity index (χ0n) is 15.6. The van der Waals surface area contributed by atoms with E-state index in [9.17, 15) is 9.18 Å². The van der Waals surface area contributed by atoms with Crippen molar-refractivity contribution in [2.24, 2.45) is 0 Å². The normalized spacial score (nSPS) is 16.3. The number of thioether (sulfide) groups is 1. The van der Waals surface area contributed by atoms with Crippen LogP contribution in [-0.4, -0.2) is 28.2 Å². The van der Waals surface area contributed by atoms with E-state index in [-0.39, 0.29) is 23.5 Å². The second-order valence-corrected chi connectivity index (χ2v) is 8.89.